The van der Waals surface area contributed by atoms with Crippen molar-refractivity contribution in [2.75, 3.05) is 27.2 Å². The molecule has 0 amide bonds. The predicted octanol–water partition coefficient (Wildman–Crippen LogP) is 2.51. The Labute approximate surface area is 106 Å². The zero-order valence-electron chi connectivity index (χ0n) is 10.6. The first-order valence-corrected chi connectivity index (χ1v) is 6.76. The van der Waals surface area contributed by atoms with Crippen LogP contribution >= 0.6 is 11.3 Å². The topological polar surface area (TPSA) is 28.2 Å². The molecule has 17 heavy (non-hydrogen) atoms. The van der Waals surface area contributed by atoms with Crippen LogP contribution in [0.25, 0.3) is 10.2 Å². The molecular weight excluding hydrogens is 230 g/mol. The number of likely N-dealkylation sites (N-methyl/N-ethyl adjacent to an activating group) is 1. The van der Waals surface area contributed by atoms with E-state index < -0.39 is 0 Å². The molecule has 0 bridgehead atoms. The Morgan fingerprint density at radius 3 is 3.06 bits per heavy atom. The molecule has 3 nitrogen and oxygen atoms in total. The van der Waals surface area contributed by atoms with Crippen molar-refractivity contribution >= 4 is 21.6 Å². The van der Waals surface area contributed by atoms with Crippen molar-refractivity contribution in [2.45, 2.75) is 13.0 Å². The second-order valence-corrected chi connectivity index (χ2v) is 5.50. The number of fused-ring (bicyclic) bond motifs is 1. The zero-order valence-corrected chi connectivity index (χ0v) is 11.4. The van der Waals surface area contributed by atoms with E-state index in [1.807, 2.05) is 6.20 Å². The number of nitrogens with one attached hydrogen (secondary N) is 1. The molecule has 0 aliphatic rings. The molecular formula is C13H19N3S. The number of hydrogen-bond donors (Lipinski definition) is 1. The van der Waals surface area contributed by atoms with Gasteiger partial charge in [0.15, 0.2) is 0 Å². The van der Waals surface area contributed by atoms with Crippen LogP contribution in [0.5, 0.6) is 0 Å². The van der Waals surface area contributed by atoms with Gasteiger partial charge in [0.25, 0.3) is 0 Å². The van der Waals surface area contributed by atoms with Gasteiger partial charge in [0.1, 0.15) is 0 Å². The van der Waals surface area contributed by atoms with Crippen molar-refractivity contribution in [3.8, 4) is 0 Å². The molecule has 0 aromatic carbocycles. The number of thiophene rings is 1. The molecule has 1 atom stereocenters. The molecule has 0 aliphatic carbocycles. The second kappa shape index (κ2) is 5.58. The summed E-state index contributed by atoms with van der Waals surface area (Å²) in [6, 6.07) is 4.66. The van der Waals surface area contributed by atoms with Crippen LogP contribution in [0.15, 0.2) is 23.7 Å². The maximum atomic E-state index is 4.47. The lowest BCUT2D eigenvalue weighted by Gasteiger charge is -2.16. The highest BCUT2D eigenvalue weighted by Crippen LogP contribution is 2.22. The average Bonchev–Trinajstić information content (AvgIpc) is 2.75. The fraction of sp³-hybridized carbons (Fsp3) is 0.462. The van der Waals surface area contributed by atoms with E-state index >= 15 is 0 Å². The molecule has 4 heteroatoms. The molecule has 92 valence electrons. The highest BCUT2D eigenvalue weighted by atomic mass is 32.1. The number of hydrogen-bond acceptors (Lipinski definition) is 4. The summed E-state index contributed by atoms with van der Waals surface area (Å²) in [5.41, 5.74) is 2.36. The summed E-state index contributed by atoms with van der Waals surface area (Å²) in [6.45, 7) is 4.24. The quantitative estimate of drug-likeness (QED) is 0.882. The van der Waals surface area contributed by atoms with Crippen molar-refractivity contribution in [3.05, 3.63) is 29.3 Å². The van der Waals surface area contributed by atoms with Crippen molar-refractivity contribution in [1.82, 2.24) is 15.2 Å². The third-order valence-electron chi connectivity index (χ3n) is 2.83. The molecule has 2 heterocycles. The summed E-state index contributed by atoms with van der Waals surface area (Å²) in [6.07, 6.45) is 1.97. The minimum Gasteiger partial charge on any atom is -0.309 e. The third kappa shape index (κ3) is 3.25. The lowest BCUT2D eigenvalue weighted by atomic mass is 10.1. The van der Waals surface area contributed by atoms with Crippen LogP contribution in [0.2, 0.25) is 0 Å². The fourth-order valence-corrected chi connectivity index (χ4v) is 2.51. The summed E-state index contributed by atoms with van der Waals surface area (Å²) >= 11 is 1.75. The van der Waals surface area contributed by atoms with Gasteiger partial charge in [0.2, 0.25) is 0 Å². The molecule has 0 saturated heterocycles. The first-order chi connectivity index (χ1) is 8.16. The monoisotopic (exact) mass is 249 g/mol. The highest BCUT2D eigenvalue weighted by molar-refractivity contribution is 7.17. The summed E-state index contributed by atoms with van der Waals surface area (Å²) in [4.78, 5) is 6.65. The first kappa shape index (κ1) is 12.5. The predicted molar refractivity (Wildman–Crippen MR) is 74.6 cm³/mol. The van der Waals surface area contributed by atoms with Crippen LogP contribution in [0.3, 0.4) is 0 Å². The van der Waals surface area contributed by atoms with Gasteiger partial charge in [0.05, 0.1) is 10.2 Å². The molecule has 2 aromatic rings. The van der Waals surface area contributed by atoms with E-state index in [9.17, 15) is 0 Å². The maximum Gasteiger partial charge on any atom is 0.0809 e. The Kier molecular flexibility index (Phi) is 4.10. The van der Waals surface area contributed by atoms with E-state index in [-0.39, 0.29) is 0 Å². The minimum atomic E-state index is 0.356. The van der Waals surface area contributed by atoms with Gasteiger partial charge < -0.3 is 10.2 Å². The molecule has 0 radical (unpaired) electrons. The molecule has 0 spiro atoms. The Morgan fingerprint density at radius 2 is 2.29 bits per heavy atom. The van der Waals surface area contributed by atoms with E-state index in [0.717, 1.165) is 18.6 Å². The van der Waals surface area contributed by atoms with Crippen LogP contribution < -0.4 is 5.32 Å². The number of nitrogens with zero attached hydrogens (tertiary/aromatic N) is 2. The highest BCUT2D eigenvalue weighted by Gasteiger charge is 2.06. The normalized spacial score (nSPS) is 13.4. The van der Waals surface area contributed by atoms with Crippen LogP contribution in [0, 0.1) is 0 Å². The maximum absolute atomic E-state index is 4.47. The third-order valence-corrected chi connectivity index (χ3v) is 3.69. The van der Waals surface area contributed by atoms with Gasteiger partial charge in [-0.3, -0.25) is 4.98 Å². The van der Waals surface area contributed by atoms with Gasteiger partial charge in [0, 0.05) is 25.3 Å². The molecule has 2 aromatic heterocycles. The van der Waals surface area contributed by atoms with Gasteiger partial charge in [-0.1, -0.05) is 0 Å². The zero-order chi connectivity index (χ0) is 12.3. The summed E-state index contributed by atoms with van der Waals surface area (Å²) in [7, 11) is 4.18. The number of pyridine rings is 1. The van der Waals surface area contributed by atoms with E-state index in [1.54, 1.807) is 11.3 Å². The fourth-order valence-electron chi connectivity index (χ4n) is 1.72. The standard InChI is InChI=1S/C13H19N3S/c1-10(14-5-6-16(2)3)11-8-13-12(15-9-11)4-7-17-13/h4,7-10,14H,5-6H2,1-3H3. The van der Waals surface area contributed by atoms with Gasteiger partial charge in [-0.05, 0) is 44.1 Å². The number of rotatable bonds is 5. The van der Waals surface area contributed by atoms with Gasteiger partial charge in [-0.25, -0.2) is 0 Å². The van der Waals surface area contributed by atoms with Crippen LogP contribution in [0.1, 0.15) is 18.5 Å². The molecule has 1 unspecified atom stereocenters. The van der Waals surface area contributed by atoms with Gasteiger partial charge >= 0.3 is 0 Å². The molecule has 1 N–H and O–H groups in total. The molecule has 0 saturated carbocycles. The van der Waals surface area contributed by atoms with Gasteiger partial charge in [-0.15, -0.1) is 11.3 Å². The summed E-state index contributed by atoms with van der Waals surface area (Å²) in [5.74, 6) is 0. The van der Waals surface area contributed by atoms with Crippen LogP contribution in [0.4, 0.5) is 0 Å². The van der Waals surface area contributed by atoms with Crippen molar-refractivity contribution in [3.63, 3.8) is 0 Å². The lowest BCUT2D eigenvalue weighted by molar-refractivity contribution is 0.389. The second-order valence-electron chi connectivity index (χ2n) is 4.55. The Balaban J connectivity index is 2.00. The largest absolute Gasteiger partial charge is 0.309 e. The van der Waals surface area contributed by atoms with Gasteiger partial charge in [-0.2, -0.15) is 0 Å². The van der Waals surface area contributed by atoms with Crippen LogP contribution in [-0.4, -0.2) is 37.1 Å². The van der Waals surface area contributed by atoms with Crippen molar-refractivity contribution in [1.29, 1.82) is 0 Å². The molecule has 0 fully saturated rings. The number of aromatic nitrogens is 1. The van der Waals surface area contributed by atoms with E-state index in [4.69, 9.17) is 0 Å². The average molecular weight is 249 g/mol. The summed E-state index contributed by atoms with van der Waals surface area (Å²) < 4.78 is 1.27. The smallest absolute Gasteiger partial charge is 0.0809 e. The Bertz CT molecular complexity index is 478. The van der Waals surface area contributed by atoms with Crippen molar-refractivity contribution < 1.29 is 0 Å². The van der Waals surface area contributed by atoms with Crippen LogP contribution in [-0.2, 0) is 0 Å². The molecule has 2 rings (SSSR count). The van der Waals surface area contributed by atoms with E-state index in [1.165, 1.54) is 10.3 Å². The van der Waals surface area contributed by atoms with E-state index in [0.29, 0.717) is 6.04 Å². The first-order valence-electron chi connectivity index (χ1n) is 5.88. The lowest BCUT2D eigenvalue weighted by Crippen LogP contribution is -2.28. The minimum absolute atomic E-state index is 0.356. The summed E-state index contributed by atoms with van der Waals surface area (Å²) in [5, 5.41) is 5.60. The Morgan fingerprint density at radius 1 is 1.47 bits per heavy atom. The van der Waals surface area contributed by atoms with E-state index in [2.05, 4.69) is 53.7 Å². The Hall–Kier alpha value is -0.970. The SMILES string of the molecule is CC(NCCN(C)C)c1cnc2ccsc2c1. The van der Waals surface area contributed by atoms with Crippen molar-refractivity contribution in [2.24, 2.45) is 0 Å². The molecule has 0 aliphatic heterocycles.